The zero-order valence-electron chi connectivity index (χ0n) is 9.29. The Kier molecular flexibility index (Phi) is 4.38. The van der Waals surface area contributed by atoms with E-state index in [-0.39, 0.29) is 0 Å². The van der Waals surface area contributed by atoms with Crippen LogP contribution in [-0.4, -0.2) is 0 Å². The summed E-state index contributed by atoms with van der Waals surface area (Å²) in [6.45, 7) is 0.346. The van der Waals surface area contributed by atoms with Gasteiger partial charge >= 0.3 is 0 Å². The van der Waals surface area contributed by atoms with Crippen LogP contribution < -0.4 is 10.5 Å². The molecule has 0 aliphatic carbocycles. The highest BCUT2D eigenvalue weighted by Gasteiger charge is 2.05. The summed E-state index contributed by atoms with van der Waals surface area (Å²) in [5, 5.41) is 1.17. The molecule has 2 aromatic carbocycles. The van der Waals surface area contributed by atoms with Crippen LogP contribution in [0.4, 0.5) is 5.69 Å². The summed E-state index contributed by atoms with van der Waals surface area (Å²) >= 11 is 15.2. The molecule has 0 saturated carbocycles. The molecular weight excluding hydrogens is 337 g/mol. The third-order valence-corrected chi connectivity index (χ3v) is 3.42. The smallest absolute Gasteiger partial charge is 0.139 e. The zero-order chi connectivity index (χ0) is 13.1. The molecule has 2 nitrogen and oxygen atoms in total. The number of rotatable bonds is 3. The van der Waals surface area contributed by atoms with Gasteiger partial charge in [-0.1, -0.05) is 45.2 Å². The Bertz CT molecular complexity index is 575. The van der Waals surface area contributed by atoms with Gasteiger partial charge in [-0.05, 0) is 30.3 Å². The van der Waals surface area contributed by atoms with Crippen LogP contribution in [0.5, 0.6) is 5.75 Å². The summed E-state index contributed by atoms with van der Waals surface area (Å²) in [6.07, 6.45) is 0. The molecule has 0 saturated heterocycles. The largest absolute Gasteiger partial charge is 0.487 e. The minimum absolute atomic E-state index is 0.346. The third kappa shape index (κ3) is 3.31. The van der Waals surface area contributed by atoms with Gasteiger partial charge in [0.15, 0.2) is 0 Å². The lowest BCUT2D eigenvalue weighted by Gasteiger charge is -2.10. The average molecular weight is 347 g/mol. The second kappa shape index (κ2) is 5.83. The molecule has 5 heteroatoms. The molecule has 0 fully saturated rings. The topological polar surface area (TPSA) is 35.2 Å². The van der Waals surface area contributed by atoms with Crippen LogP contribution in [0.15, 0.2) is 40.9 Å². The van der Waals surface area contributed by atoms with E-state index in [4.69, 9.17) is 33.7 Å². The molecule has 2 aromatic rings. The van der Waals surface area contributed by atoms with E-state index in [1.807, 2.05) is 18.2 Å². The Hall–Kier alpha value is -0.900. The number of nitrogens with two attached hydrogens (primary N) is 1. The Morgan fingerprint density at radius 3 is 2.61 bits per heavy atom. The van der Waals surface area contributed by atoms with E-state index >= 15 is 0 Å². The van der Waals surface area contributed by atoms with Crippen molar-refractivity contribution in [2.45, 2.75) is 6.61 Å². The van der Waals surface area contributed by atoms with Crippen LogP contribution in [0.25, 0.3) is 0 Å². The van der Waals surface area contributed by atoms with E-state index in [1.54, 1.807) is 18.2 Å². The first-order valence-electron chi connectivity index (χ1n) is 5.18. The van der Waals surface area contributed by atoms with Crippen molar-refractivity contribution in [2.75, 3.05) is 5.73 Å². The van der Waals surface area contributed by atoms with Crippen molar-refractivity contribution in [2.24, 2.45) is 0 Å². The summed E-state index contributed by atoms with van der Waals surface area (Å²) in [4.78, 5) is 0. The fourth-order valence-electron chi connectivity index (χ4n) is 1.44. The van der Waals surface area contributed by atoms with Crippen LogP contribution >= 0.6 is 39.1 Å². The summed E-state index contributed by atoms with van der Waals surface area (Å²) in [5.41, 5.74) is 7.32. The molecule has 18 heavy (non-hydrogen) atoms. The lowest BCUT2D eigenvalue weighted by atomic mass is 10.2. The normalized spacial score (nSPS) is 10.4. The van der Waals surface area contributed by atoms with E-state index < -0.39 is 0 Å². The summed E-state index contributed by atoms with van der Waals surface area (Å²) in [5.74, 6) is 0.611. The second-order valence-electron chi connectivity index (χ2n) is 3.71. The minimum Gasteiger partial charge on any atom is -0.487 e. The molecule has 0 aromatic heterocycles. The highest BCUT2D eigenvalue weighted by Crippen LogP contribution is 2.29. The van der Waals surface area contributed by atoms with Crippen LogP contribution in [0.2, 0.25) is 10.0 Å². The maximum Gasteiger partial charge on any atom is 0.139 e. The molecule has 0 heterocycles. The molecule has 0 aliphatic heterocycles. The summed E-state index contributed by atoms with van der Waals surface area (Å²) in [6, 6.07) is 10.7. The highest BCUT2D eigenvalue weighted by atomic mass is 79.9. The van der Waals surface area contributed by atoms with Crippen molar-refractivity contribution in [3.05, 3.63) is 56.5 Å². The zero-order valence-corrected chi connectivity index (χ0v) is 12.4. The number of halogens is 3. The fraction of sp³-hybridized carbons (Fsp3) is 0.0769. The molecule has 94 valence electrons. The molecule has 0 bridgehead atoms. The van der Waals surface area contributed by atoms with Crippen molar-refractivity contribution < 1.29 is 4.74 Å². The maximum absolute atomic E-state index is 6.03. The van der Waals surface area contributed by atoms with Gasteiger partial charge in [-0.2, -0.15) is 0 Å². The molecular formula is C13H10BrCl2NO. The van der Waals surface area contributed by atoms with E-state index in [2.05, 4.69) is 15.9 Å². The van der Waals surface area contributed by atoms with Gasteiger partial charge in [-0.3, -0.25) is 0 Å². The molecule has 0 aliphatic rings. The Balaban J connectivity index is 2.13. The third-order valence-electron chi connectivity index (χ3n) is 2.38. The van der Waals surface area contributed by atoms with Gasteiger partial charge in [-0.25, -0.2) is 0 Å². The number of anilines is 1. The predicted molar refractivity (Wildman–Crippen MR) is 79.3 cm³/mol. The van der Waals surface area contributed by atoms with E-state index in [1.165, 1.54) is 0 Å². The first kappa shape index (κ1) is 13.5. The SMILES string of the molecule is Nc1cc(Cl)ccc1COc1cc(Br)ccc1Cl. The molecule has 0 amide bonds. The van der Waals surface area contributed by atoms with Crippen molar-refractivity contribution in [3.63, 3.8) is 0 Å². The number of hydrogen-bond acceptors (Lipinski definition) is 2. The molecule has 2 rings (SSSR count). The molecule has 0 radical (unpaired) electrons. The van der Waals surface area contributed by atoms with Gasteiger partial charge < -0.3 is 10.5 Å². The van der Waals surface area contributed by atoms with Gasteiger partial charge in [0.25, 0.3) is 0 Å². The monoisotopic (exact) mass is 345 g/mol. The Labute approximate surface area is 124 Å². The van der Waals surface area contributed by atoms with Crippen LogP contribution in [-0.2, 0) is 6.61 Å². The van der Waals surface area contributed by atoms with Crippen LogP contribution in [0.3, 0.4) is 0 Å². The number of nitrogen functional groups attached to an aromatic ring is 1. The molecule has 0 atom stereocenters. The number of benzene rings is 2. The fourth-order valence-corrected chi connectivity index (χ4v) is 2.13. The van der Waals surface area contributed by atoms with Gasteiger partial charge in [0.05, 0.1) is 5.02 Å². The second-order valence-corrected chi connectivity index (χ2v) is 5.47. The first-order valence-corrected chi connectivity index (χ1v) is 6.73. The molecule has 0 spiro atoms. The average Bonchev–Trinajstić information content (AvgIpc) is 2.32. The quantitative estimate of drug-likeness (QED) is 0.801. The standard InChI is InChI=1S/C13H10BrCl2NO/c14-9-2-4-11(16)13(5-9)18-7-8-1-3-10(15)6-12(8)17/h1-6H,7,17H2. The molecule has 0 unspecified atom stereocenters. The van der Waals surface area contributed by atoms with Crippen molar-refractivity contribution in [3.8, 4) is 5.75 Å². The van der Waals surface area contributed by atoms with Gasteiger partial charge in [-0.15, -0.1) is 0 Å². The van der Waals surface area contributed by atoms with E-state index in [9.17, 15) is 0 Å². The Morgan fingerprint density at radius 2 is 1.89 bits per heavy atom. The Morgan fingerprint density at radius 1 is 1.11 bits per heavy atom. The van der Waals surface area contributed by atoms with Crippen molar-refractivity contribution >= 4 is 44.8 Å². The van der Waals surface area contributed by atoms with Gasteiger partial charge in [0, 0.05) is 20.7 Å². The minimum atomic E-state index is 0.346. The van der Waals surface area contributed by atoms with Gasteiger partial charge in [0.2, 0.25) is 0 Å². The van der Waals surface area contributed by atoms with E-state index in [0.29, 0.717) is 28.1 Å². The number of hydrogen-bond donors (Lipinski definition) is 1. The highest BCUT2D eigenvalue weighted by molar-refractivity contribution is 9.10. The lowest BCUT2D eigenvalue weighted by Crippen LogP contribution is -2.00. The van der Waals surface area contributed by atoms with Crippen molar-refractivity contribution in [1.29, 1.82) is 0 Å². The first-order chi connectivity index (χ1) is 8.56. The predicted octanol–water partition coefficient (Wildman–Crippen LogP) is 4.92. The number of ether oxygens (including phenoxy) is 1. The van der Waals surface area contributed by atoms with Crippen LogP contribution in [0.1, 0.15) is 5.56 Å². The van der Waals surface area contributed by atoms with Gasteiger partial charge in [0.1, 0.15) is 12.4 Å². The molecule has 2 N–H and O–H groups in total. The maximum atomic E-state index is 6.03. The summed E-state index contributed by atoms with van der Waals surface area (Å²) in [7, 11) is 0. The summed E-state index contributed by atoms with van der Waals surface area (Å²) < 4.78 is 6.55. The van der Waals surface area contributed by atoms with Crippen molar-refractivity contribution in [1.82, 2.24) is 0 Å². The van der Waals surface area contributed by atoms with Crippen LogP contribution in [0, 0.1) is 0 Å². The van der Waals surface area contributed by atoms with E-state index in [0.717, 1.165) is 10.0 Å². The lowest BCUT2D eigenvalue weighted by molar-refractivity contribution is 0.307.